The van der Waals surface area contributed by atoms with E-state index in [0.29, 0.717) is 12.2 Å². The molecule has 0 aliphatic rings. The number of rotatable bonds is 4. The van der Waals surface area contributed by atoms with E-state index in [1.807, 2.05) is 42.6 Å². The number of hydrogen-bond acceptors (Lipinski definition) is 3. The predicted molar refractivity (Wildman–Crippen MR) is 81.9 cm³/mol. The normalized spacial score (nSPS) is 10.4. The summed E-state index contributed by atoms with van der Waals surface area (Å²) in [6.07, 6.45) is 0.908. The van der Waals surface area contributed by atoms with Crippen LogP contribution in [-0.2, 0) is 0 Å². The van der Waals surface area contributed by atoms with Crippen molar-refractivity contribution >= 4 is 28.6 Å². The van der Waals surface area contributed by atoms with Crippen LogP contribution in [0.15, 0.2) is 35.7 Å². The zero-order valence-corrected chi connectivity index (χ0v) is 12.0. The fraction of sp³-hybridized carbons (Fsp3) is 0.267. The second-order valence-corrected chi connectivity index (χ2v) is 5.40. The van der Waals surface area contributed by atoms with Crippen molar-refractivity contribution in [3.8, 4) is 0 Å². The van der Waals surface area contributed by atoms with E-state index in [1.165, 1.54) is 11.3 Å². The number of aryl methyl sites for hydroxylation is 1. The average Bonchev–Trinajstić information content (AvgIpc) is 2.81. The number of thiophene rings is 1. The van der Waals surface area contributed by atoms with Crippen molar-refractivity contribution in [2.75, 3.05) is 17.2 Å². The number of nitrogen functional groups attached to an aromatic ring is 1. The predicted octanol–water partition coefficient (Wildman–Crippen LogP) is 3.70. The molecule has 0 unspecified atom stereocenters. The van der Waals surface area contributed by atoms with Gasteiger partial charge in [-0.1, -0.05) is 13.0 Å². The fourth-order valence-electron chi connectivity index (χ4n) is 1.98. The third kappa shape index (κ3) is 2.96. The summed E-state index contributed by atoms with van der Waals surface area (Å²) in [7, 11) is 0. The van der Waals surface area contributed by atoms with Gasteiger partial charge in [-0.05, 0) is 48.6 Å². The zero-order valence-electron chi connectivity index (χ0n) is 11.2. The summed E-state index contributed by atoms with van der Waals surface area (Å²) in [5.74, 6) is 0.0555. The highest BCUT2D eigenvalue weighted by Crippen LogP contribution is 2.24. The first-order valence-corrected chi connectivity index (χ1v) is 7.23. The topological polar surface area (TPSA) is 46.3 Å². The summed E-state index contributed by atoms with van der Waals surface area (Å²) in [4.78, 5) is 15.2. The largest absolute Gasteiger partial charge is 0.399 e. The van der Waals surface area contributed by atoms with Crippen LogP contribution >= 0.6 is 11.3 Å². The second-order valence-electron chi connectivity index (χ2n) is 4.48. The Morgan fingerprint density at radius 3 is 2.74 bits per heavy atom. The summed E-state index contributed by atoms with van der Waals surface area (Å²) in [6.45, 7) is 4.72. The molecule has 100 valence electrons. The molecule has 1 amide bonds. The molecule has 2 rings (SSSR count). The molecule has 1 aromatic heterocycles. The number of carbonyl (C=O) groups is 1. The fourth-order valence-corrected chi connectivity index (χ4v) is 2.85. The number of carbonyl (C=O) groups excluding carboxylic acids is 1. The van der Waals surface area contributed by atoms with Crippen molar-refractivity contribution in [3.05, 3.63) is 46.2 Å². The van der Waals surface area contributed by atoms with Crippen LogP contribution in [0.3, 0.4) is 0 Å². The monoisotopic (exact) mass is 274 g/mol. The van der Waals surface area contributed by atoms with Gasteiger partial charge in [0.25, 0.3) is 5.91 Å². The minimum absolute atomic E-state index is 0.0555. The molecule has 0 radical (unpaired) electrons. The minimum atomic E-state index is 0.0555. The molecular weight excluding hydrogens is 256 g/mol. The molecule has 19 heavy (non-hydrogen) atoms. The highest BCUT2D eigenvalue weighted by atomic mass is 32.1. The smallest absolute Gasteiger partial charge is 0.268 e. The SMILES string of the molecule is CCCN(C(=O)c1sccc1C)c1cccc(N)c1. The third-order valence-corrected chi connectivity index (χ3v) is 3.94. The first-order chi connectivity index (χ1) is 9.13. The van der Waals surface area contributed by atoms with Crippen molar-refractivity contribution < 1.29 is 4.79 Å². The molecule has 0 atom stereocenters. The Morgan fingerprint density at radius 2 is 2.16 bits per heavy atom. The molecule has 2 aromatic rings. The van der Waals surface area contributed by atoms with Crippen LogP contribution in [0.2, 0.25) is 0 Å². The van der Waals surface area contributed by atoms with Crippen LogP contribution < -0.4 is 10.6 Å². The molecule has 0 aliphatic heterocycles. The lowest BCUT2D eigenvalue weighted by Gasteiger charge is -2.22. The molecule has 0 aliphatic carbocycles. The van der Waals surface area contributed by atoms with Gasteiger partial charge in [0.05, 0.1) is 4.88 Å². The Kier molecular flexibility index (Phi) is 4.22. The van der Waals surface area contributed by atoms with Gasteiger partial charge >= 0.3 is 0 Å². The number of anilines is 2. The van der Waals surface area contributed by atoms with E-state index in [-0.39, 0.29) is 5.91 Å². The maximum absolute atomic E-state index is 12.6. The molecule has 0 bridgehead atoms. The lowest BCUT2D eigenvalue weighted by Crippen LogP contribution is -2.31. The van der Waals surface area contributed by atoms with E-state index in [2.05, 4.69) is 6.92 Å². The van der Waals surface area contributed by atoms with E-state index in [4.69, 9.17) is 5.73 Å². The van der Waals surface area contributed by atoms with Gasteiger partial charge in [-0.3, -0.25) is 4.79 Å². The van der Waals surface area contributed by atoms with E-state index < -0.39 is 0 Å². The lowest BCUT2D eigenvalue weighted by atomic mass is 10.2. The molecular formula is C15H18N2OS. The van der Waals surface area contributed by atoms with Crippen LogP contribution in [0.4, 0.5) is 11.4 Å². The van der Waals surface area contributed by atoms with Gasteiger partial charge in [0.2, 0.25) is 0 Å². The summed E-state index contributed by atoms with van der Waals surface area (Å²) >= 11 is 1.49. The van der Waals surface area contributed by atoms with Gasteiger partial charge in [-0.25, -0.2) is 0 Å². The minimum Gasteiger partial charge on any atom is -0.399 e. The zero-order chi connectivity index (χ0) is 13.8. The lowest BCUT2D eigenvalue weighted by molar-refractivity contribution is 0.0990. The summed E-state index contributed by atoms with van der Waals surface area (Å²) in [6, 6.07) is 9.45. The van der Waals surface area contributed by atoms with Crippen molar-refractivity contribution in [1.29, 1.82) is 0 Å². The maximum atomic E-state index is 12.6. The number of nitrogens with zero attached hydrogens (tertiary/aromatic N) is 1. The Labute approximate surface area is 117 Å². The van der Waals surface area contributed by atoms with E-state index in [0.717, 1.165) is 22.5 Å². The van der Waals surface area contributed by atoms with Gasteiger partial charge < -0.3 is 10.6 Å². The molecule has 3 nitrogen and oxygen atoms in total. The van der Waals surface area contributed by atoms with Crippen LogP contribution in [0.25, 0.3) is 0 Å². The van der Waals surface area contributed by atoms with Crippen LogP contribution in [0, 0.1) is 6.92 Å². The Hall–Kier alpha value is -1.81. The highest BCUT2D eigenvalue weighted by molar-refractivity contribution is 7.12. The van der Waals surface area contributed by atoms with Gasteiger partial charge in [0.15, 0.2) is 0 Å². The Morgan fingerprint density at radius 1 is 1.37 bits per heavy atom. The van der Waals surface area contributed by atoms with E-state index in [1.54, 1.807) is 4.90 Å². The standard InChI is InChI=1S/C15H18N2OS/c1-3-8-17(13-6-4-5-12(16)10-13)15(18)14-11(2)7-9-19-14/h4-7,9-10H,3,8,16H2,1-2H3. The average molecular weight is 274 g/mol. The van der Waals surface area contributed by atoms with Gasteiger partial charge in [-0.15, -0.1) is 11.3 Å². The maximum Gasteiger partial charge on any atom is 0.268 e. The Balaban J connectivity index is 2.35. The third-order valence-electron chi connectivity index (χ3n) is 2.93. The summed E-state index contributed by atoms with van der Waals surface area (Å²) < 4.78 is 0. The summed E-state index contributed by atoms with van der Waals surface area (Å²) in [5.41, 5.74) is 8.37. The number of hydrogen-bond donors (Lipinski definition) is 1. The van der Waals surface area contributed by atoms with Crippen LogP contribution in [0.1, 0.15) is 28.6 Å². The molecule has 1 aromatic carbocycles. The number of benzene rings is 1. The van der Waals surface area contributed by atoms with Crippen molar-refractivity contribution in [1.82, 2.24) is 0 Å². The van der Waals surface area contributed by atoms with Gasteiger partial charge in [0, 0.05) is 17.9 Å². The molecule has 0 saturated carbocycles. The highest BCUT2D eigenvalue weighted by Gasteiger charge is 2.19. The summed E-state index contributed by atoms with van der Waals surface area (Å²) in [5, 5.41) is 1.95. The van der Waals surface area contributed by atoms with Crippen molar-refractivity contribution in [2.24, 2.45) is 0 Å². The molecule has 0 spiro atoms. The van der Waals surface area contributed by atoms with Gasteiger partial charge in [0.1, 0.15) is 0 Å². The molecule has 4 heteroatoms. The van der Waals surface area contributed by atoms with Crippen LogP contribution in [0.5, 0.6) is 0 Å². The number of nitrogens with two attached hydrogens (primary N) is 1. The van der Waals surface area contributed by atoms with Crippen molar-refractivity contribution in [2.45, 2.75) is 20.3 Å². The van der Waals surface area contributed by atoms with E-state index in [9.17, 15) is 4.79 Å². The second kappa shape index (κ2) is 5.89. The number of amides is 1. The molecule has 2 N–H and O–H groups in total. The quantitative estimate of drug-likeness (QED) is 0.864. The Bertz CT molecular complexity index is 577. The van der Waals surface area contributed by atoms with E-state index >= 15 is 0 Å². The first kappa shape index (κ1) is 13.6. The van der Waals surface area contributed by atoms with Crippen molar-refractivity contribution in [3.63, 3.8) is 0 Å². The molecule has 1 heterocycles. The molecule has 0 fully saturated rings. The van der Waals surface area contributed by atoms with Gasteiger partial charge in [-0.2, -0.15) is 0 Å². The molecule has 0 saturated heterocycles. The first-order valence-electron chi connectivity index (χ1n) is 6.35. The van der Waals surface area contributed by atoms with Crippen LogP contribution in [-0.4, -0.2) is 12.5 Å².